The largest absolute Gasteiger partial charge is 0.484 e. The van der Waals surface area contributed by atoms with Crippen LogP contribution >= 0.6 is 0 Å². The van der Waals surface area contributed by atoms with E-state index >= 15 is 0 Å². The van der Waals surface area contributed by atoms with Crippen molar-refractivity contribution in [3.05, 3.63) is 29.3 Å². The summed E-state index contributed by atoms with van der Waals surface area (Å²) in [5, 5.41) is 3.00. The van der Waals surface area contributed by atoms with Crippen LogP contribution in [0.2, 0.25) is 0 Å². The second kappa shape index (κ2) is 7.87. The molecule has 0 aromatic heterocycles. The molecular formula is C19H27N3O3. The Labute approximate surface area is 149 Å². The number of nitrogens with one attached hydrogen (secondary N) is 1. The minimum atomic E-state index is 0.000287. The van der Waals surface area contributed by atoms with Crippen LogP contribution in [-0.4, -0.2) is 67.0 Å². The molecule has 0 radical (unpaired) electrons. The molecule has 1 heterocycles. The molecule has 136 valence electrons. The van der Waals surface area contributed by atoms with E-state index in [0.717, 1.165) is 37.2 Å². The second-order valence-electron chi connectivity index (χ2n) is 7.03. The molecule has 6 heteroatoms. The number of carbonyl (C=O) groups excluding carboxylic acids is 2. The monoisotopic (exact) mass is 345 g/mol. The fourth-order valence-corrected chi connectivity index (χ4v) is 2.90. The lowest BCUT2D eigenvalue weighted by molar-refractivity contribution is -0.135. The lowest BCUT2D eigenvalue weighted by Gasteiger charge is -2.34. The maximum absolute atomic E-state index is 12.3. The van der Waals surface area contributed by atoms with Gasteiger partial charge in [-0.15, -0.1) is 0 Å². The number of hydrogen-bond acceptors (Lipinski definition) is 4. The smallest absolute Gasteiger partial charge is 0.260 e. The summed E-state index contributed by atoms with van der Waals surface area (Å²) in [7, 11) is 0. The Hall–Kier alpha value is -2.08. The van der Waals surface area contributed by atoms with Crippen molar-refractivity contribution < 1.29 is 14.3 Å². The van der Waals surface area contributed by atoms with E-state index < -0.39 is 0 Å². The molecule has 0 spiro atoms. The van der Waals surface area contributed by atoms with Crippen LogP contribution in [0.3, 0.4) is 0 Å². The summed E-state index contributed by atoms with van der Waals surface area (Å²) in [5.41, 5.74) is 2.36. The molecule has 6 nitrogen and oxygen atoms in total. The zero-order chi connectivity index (χ0) is 17.8. The average molecular weight is 345 g/mol. The SMILES string of the molecule is Cc1ccc(OCC(=O)N2CCN(CC(=O)NC3CC3)CC2)cc1C. The predicted octanol–water partition coefficient (Wildman–Crippen LogP) is 1.11. The van der Waals surface area contributed by atoms with E-state index in [-0.39, 0.29) is 18.4 Å². The molecule has 1 aromatic carbocycles. The van der Waals surface area contributed by atoms with Crippen molar-refractivity contribution in [2.75, 3.05) is 39.3 Å². The number of benzene rings is 1. The first-order valence-corrected chi connectivity index (χ1v) is 9.01. The topological polar surface area (TPSA) is 61.9 Å². The van der Waals surface area contributed by atoms with E-state index in [1.165, 1.54) is 5.56 Å². The summed E-state index contributed by atoms with van der Waals surface area (Å²) in [6.07, 6.45) is 2.21. The first-order valence-electron chi connectivity index (χ1n) is 9.01. The van der Waals surface area contributed by atoms with Crippen molar-refractivity contribution in [3.8, 4) is 5.75 Å². The van der Waals surface area contributed by atoms with Crippen molar-refractivity contribution in [1.82, 2.24) is 15.1 Å². The Morgan fingerprint density at radius 1 is 1.12 bits per heavy atom. The Balaban J connectivity index is 1.38. The maximum atomic E-state index is 12.3. The number of ether oxygens (including phenoxy) is 1. The van der Waals surface area contributed by atoms with Gasteiger partial charge >= 0.3 is 0 Å². The molecule has 2 fully saturated rings. The van der Waals surface area contributed by atoms with Gasteiger partial charge in [0.1, 0.15) is 5.75 Å². The quantitative estimate of drug-likeness (QED) is 0.839. The van der Waals surface area contributed by atoms with Gasteiger partial charge < -0.3 is 15.0 Å². The van der Waals surface area contributed by atoms with Crippen LogP contribution in [0.4, 0.5) is 0 Å². The highest BCUT2D eigenvalue weighted by molar-refractivity contribution is 5.79. The molecule has 25 heavy (non-hydrogen) atoms. The molecule has 0 atom stereocenters. The average Bonchev–Trinajstić information content (AvgIpc) is 3.40. The molecule has 0 unspecified atom stereocenters. The number of hydrogen-bond donors (Lipinski definition) is 1. The molecule has 3 rings (SSSR count). The Morgan fingerprint density at radius 3 is 2.48 bits per heavy atom. The second-order valence-corrected chi connectivity index (χ2v) is 7.03. The number of carbonyl (C=O) groups is 2. The lowest BCUT2D eigenvalue weighted by Crippen LogP contribution is -2.52. The van der Waals surface area contributed by atoms with Crippen molar-refractivity contribution in [2.45, 2.75) is 32.7 Å². The molecule has 2 amide bonds. The zero-order valence-electron chi connectivity index (χ0n) is 15.1. The molecular weight excluding hydrogens is 318 g/mol. The van der Waals surface area contributed by atoms with Gasteiger partial charge in [-0.2, -0.15) is 0 Å². The number of amides is 2. The summed E-state index contributed by atoms with van der Waals surface area (Å²) < 4.78 is 5.63. The van der Waals surface area contributed by atoms with E-state index in [1.807, 2.05) is 30.0 Å². The highest BCUT2D eigenvalue weighted by atomic mass is 16.5. The molecule has 2 aliphatic rings. The van der Waals surface area contributed by atoms with Gasteiger partial charge in [-0.25, -0.2) is 0 Å². The Kier molecular flexibility index (Phi) is 5.58. The van der Waals surface area contributed by atoms with Crippen LogP contribution in [0.1, 0.15) is 24.0 Å². The summed E-state index contributed by atoms with van der Waals surface area (Å²) in [4.78, 5) is 28.1. The van der Waals surface area contributed by atoms with Crippen LogP contribution < -0.4 is 10.1 Å². The molecule has 1 N–H and O–H groups in total. The summed E-state index contributed by atoms with van der Waals surface area (Å²) >= 11 is 0. The zero-order valence-corrected chi connectivity index (χ0v) is 15.1. The van der Waals surface area contributed by atoms with Gasteiger partial charge in [-0.3, -0.25) is 14.5 Å². The highest BCUT2D eigenvalue weighted by Gasteiger charge is 2.26. The molecule has 1 aliphatic heterocycles. The summed E-state index contributed by atoms with van der Waals surface area (Å²) in [6.45, 7) is 7.32. The molecule has 1 saturated carbocycles. The van der Waals surface area contributed by atoms with Gasteiger partial charge in [0.05, 0.1) is 6.54 Å². The highest BCUT2D eigenvalue weighted by Crippen LogP contribution is 2.18. The lowest BCUT2D eigenvalue weighted by atomic mass is 10.1. The summed E-state index contributed by atoms with van der Waals surface area (Å²) in [5.74, 6) is 0.826. The molecule has 1 saturated heterocycles. The van der Waals surface area contributed by atoms with E-state index in [4.69, 9.17) is 4.74 Å². The molecule has 0 bridgehead atoms. The van der Waals surface area contributed by atoms with Gasteiger partial charge in [0.25, 0.3) is 5.91 Å². The molecule has 1 aliphatic carbocycles. The minimum absolute atomic E-state index is 0.000287. The normalized spacial score (nSPS) is 18.1. The molecule has 1 aromatic rings. The van der Waals surface area contributed by atoms with Gasteiger partial charge in [-0.1, -0.05) is 6.07 Å². The first-order chi connectivity index (χ1) is 12.0. The first kappa shape index (κ1) is 17.7. The standard InChI is InChI=1S/C19H27N3O3/c1-14-3-6-17(11-15(14)2)25-13-19(24)22-9-7-21(8-10-22)12-18(23)20-16-4-5-16/h3,6,11,16H,4-5,7-10,12-13H2,1-2H3,(H,20,23). The fraction of sp³-hybridized carbons (Fsp3) is 0.579. The van der Waals surface area contributed by atoms with E-state index in [0.29, 0.717) is 25.7 Å². The third-order valence-corrected chi connectivity index (χ3v) is 4.88. The van der Waals surface area contributed by atoms with Gasteiger partial charge in [0.2, 0.25) is 5.91 Å². The number of nitrogens with zero attached hydrogens (tertiary/aromatic N) is 2. The number of piperazine rings is 1. The van der Waals surface area contributed by atoms with Crippen molar-refractivity contribution >= 4 is 11.8 Å². The van der Waals surface area contributed by atoms with Gasteiger partial charge in [-0.05, 0) is 49.9 Å². The maximum Gasteiger partial charge on any atom is 0.260 e. The number of aryl methyl sites for hydroxylation is 2. The van der Waals surface area contributed by atoms with E-state index in [1.54, 1.807) is 0 Å². The van der Waals surface area contributed by atoms with E-state index in [9.17, 15) is 9.59 Å². The summed E-state index contributed by atoms with van der Waals surface area (Å²) in [6, 6.07) is 6.25. The minimum Gasteiger partial charge on any atom is -0.484 e. The van der Waals surface area contributed by atoms with E-state index in [2.05, 4.69) is 17.1 Å². The van der Waals surface area contributed by atoms with Crippen LogP contribution in [-0.2, 0) is 9.59 Å². The fourth-order valence-electron chi connectivity index (χ4n) is 2.90. The Morgan fingerprint density at radius 2 is 1.84 bits per heavy atom. The number of rotatable bonds is 6. The Bertz CT molecular complexity index is 635. The van der Waals surface area contributed by atoms with Crippen molar-refractivity contribution in [2.24, 2.45) is 0 Å². The van der Waals surface area contributed by atoms with Gasteiger partial charge in [0.15, 0.2) is 6.61 Å². The predicted molar refractivity (Wildman–Crippen MR) is 95.6 cm³/mol. The van der Waals surface area contributed by atoms with Crippen LogP contribution in [0, 0.1) is 13.8 Å². The van der Waals surface area contributed by atoms with Crippen molar-refractivity contribution in [3.63, 3.8) is 0 Å². The van der Waals surface area contributed by atoms with Crippen LogP contribution in [0.5, 0.6) is 5.75 Å². The third kappa shape index (κ3) is 5.19. The van der Waals surface area contributed by atoms with Crippen LogP contribution in [0.25, 0.3) is 0 Å². The van der Waals surface area contributed by atoms with Crippen LogP contribution in [0.15, 0.2) is 18.2 Å². The third-order valence-electron chi connectivity index (χ3n) is 4.88. The van der Waals surface area contributed by atoms with Gasteiger partial charge in [0, 0.05) is 32.2 Å². The van der Waals surface area contributed by atoms with Crippen molar-refractivity contribution in [1.29, 1.82) is 0 Å².